The lowest BCUT2D eigenvalue weighted by Gasteiger charge is -2.35. The third-order valence-corrected chi connectivity index (χ3v) is 5.81. The van der Waals surface area contributed by atoms with Crippen molar-refractivity contribution in [3.05, 3.63) is 77.9 Å². The molecule has 0 aromatic heterocycles. The number of benzene rings is 1. The number of sulfone groups is 1. The van der Waals surface area contributed by atoms with E-state index in [1.807, 2.05) is 24.3 Å². The van der Waals surface area contributed by atoms with Crippen LogP contribution in [0.5, 0.6) is 0 Å². The summed E-state index contributed by atoms with van der Waals surface area (Å²) in [5, 5.41) is 10.7. The van der Waals surface area contributed by atoms with E-state index in [9.17, 15) is 13.2 Å². The first-order chi connectivity index (χ1) is 13.4. The van der Waals surface area contributed by atoms with Gasteiger partial charge in [-0.15, -0.1) is 0 Å². The van der Waals surface area contributed by atoms with Gasteiger partial charge in [-0.1, -0.05) is 36.4 Å². The van der Waals surface area contributed by atoms with Gasteiger partial charge in [-0.25, -0.2) is 13.8 Å². The molecule has 9 heteroatoms. The topological polar surface area (TPSA) is 103 Å². The minimum atomic E-state index is -3.38. The molecular formula is C19H21N5O3S. The van der Waals surface area contributed by atoms with Gasteiger partial charge in [-0.3, -0.25) is 9.80 Å². The highest BCUT2D eigenvalue weighted by molar-refractivity contribution is 7.90. The summed E-state index contributed by atoms with van der Waals surface area (Å²) in [5.74, 6) is 0.352. The molecular weight excluding hydrogens is 378 g/mol. The molecule has 0 spiro atoms. The standard InChI is InChI=1S/C19H21N5O3S/c1-28(26,27)16-7-3-2-6-13(16)14-9-10-18-21-12-15(24(18)23-14)19(25)22-17-8-4-5-11-20-17/h2-10,12,14,18,20-21,23H,11H2,1H3,(H,22,25). The second kappa shape index (κ2) is 7.17. The molecule has 0 bridgehead atoms. The SMILES string of the molecule is CS(=O)(=O)c1ccccc1C1C=CC2NC=C(C(=O)NC3=CC=CCN3)N2N1. The zero-order chi connectivity index (χ0) is 19.7. The van der Waals surface area contributed by atoms with E-state index in [-0.39, 0.29) is 23.0 Å². The van der Waals surface area contributed by atoms with Gasteiger partial charge in [0.05, 0.1) is 10.9 Å². The summed E-state index contributed by atoms with van der Waals surface area (Å²) in [6.07, 6.45) is 12.0. The van der Waals surface area contributed by atoms with Gasteiger partial charge >= 0.3 is 0 Å². The Hall–Kier alpha value is -3.04. The Labute approximate surface area is 163 Å². The lowest BCUT2D eigenvalue weighted by molar-refractivity contribution is -0.119. The van der Waals surface area contributed by atoms with Crippen molar-refractivity contribution >= 4 is 15.7 Å². The molecule has 8 nitrogen and oxygen atoms in total. The van der Waals surface area contributed by atoms with Crippen LogP contribution in [0.1, 0.15) is 11.6 Å². The van der Waals surface area contributed by atoms with Crippen LogP contribution in [0.25, 0.3) is 0 Å². The Kier molecular flexibility index (Phi) is 4.70. The van der Waals surface area contributed by atoms with Gasteiger partial charge in [-0.2, -0.15) is 0 Å². The molecule has 0 fully saturated rings. The molecule has 4 N–H and O–H groups in total. The average molecular weight is 399 g/mol. The number of rotatable bonds is 4. The number of amides is 1. The first kappa shape index (κ1) is 18.3. The zero-order valence-electron chi connectivity index (χ0n) is 15.2. The fraction of sp³-hybridized carbons (Fsp3) is 0.211. The van der Waals surface area contributed by atoms with Crippen LogP contribution in [0.3, 0.4) is 0 Å². The van der Waals surface area contributed by atoms with Crippen molar-refractivity contribution < 1.29 is 13.2 Å². The van der Waals surface area contributed by atoms with Crippen molar-refractivity contribution in [2.75, 3.05) is 12.8 Å². The molecule has 0 saturated heterocycles. The number of hydrazine groups is 1. The number of carbonyl (C=O) groups is 1. The van der Waals surface area contributed by atoms with Gasteiger partial charge in [0.1, 0.15) is 17.7 Å². The number of hydrogen-bond acceptors (Lipinski definition) is 7. The molecule has 0 aliphatic carbocycles. The van der Waals surface area contributed by atoms with E-state index in [4.69, 9.17) is 0 Å². The summed E-state index contributed by atoms with van der Waals surface area (Å²) in [5.41, 5.74) is 4.29. The lowest BCUT2D eigenvalue weighted by atomic mass is 10.1. The van der Waals surface area contributed by atoms with Crippen LogP contribution in [-0.4, -0.2) is 38.3 Å². The number of nitrogens with zero attached hydrogens (tertiary/aromatic N) is 1. The summed E-state index contributed by atoms with van der Waals surface area (Å²) in [6, 6.07) is 6.48. The molecule has 0 radical (unpaired) electrons. The van der Waals surface area contributed by atoms with Crippen LogP contribution in [0, 0.1) is 0 Å². The molecule has 1 amide bonds. The van der Waals surface area contributed by atoms with E-state index in [1.54, 1.807) is 41.6 Å². The number of carbonyl (C=O) groups excluding carboxylic acids is 1. The molecule has 3 aliphatic heterocycles. The first-order valence-electron chi connectivity index (χ1n) is 8.84. The van der Waals surface area contributed by atoms with Gasteiger partial charge < -0.3 is 16.0 Å². The van der Waals surface area contributed by atoms with Crippen molar-refractivity contribution in [1.82, 2.24) is 26.4 Å². The predicted molar refractivity (Wildman–Crippen MR) is 105 cm³/mol. The highest BCUT2D eigenvalue weighted by Gasteiger charge is 2.34. The number of dihydropyridines is 1. The minimum Gasteiger partial charge on any atom is -0.368 e. The van der Waals surface area contributed by atoms with Crippen LogP contribution in [0.4, 0.5) is 0 Å². The van der Waals surface area contributed by atoms with Crippen molar-refractivity contribution in [3.8, 4) is 0 Å². The number of fused-ring (bicyclic) bond motifs is 1. The summed E-state index contributed by atoms with van der Waals surface area (Å²) in [6.45, 7) is 0.654. The van der Waals surface area contributed by atoms with Crippen LogP contribution in [0.15, 0.2) is 77.3 Å². The largest absolute Gasteiger partial charge is 0.368 e. The van der Waals surface area contributed by atoms with Gasteiger partial charge in [0.25, 0.3) is 5.91 Å². The van der Waals surface area contributed by atoms with E-state index < -0.39 is 9.84 Å². The van der Waals surface area contributed by atoms with E-state index in [0.717, 1.165) is 0 Å². The van der Waals surface area contributed by atoms with Crippen molar-refractivity contribution in [3.63, 3.8) is 0 Å². The number of nitrogens with one attached hydrogen (secondary N) is 4. The second-order valence-electron chi connectivity index (χ2n) is 6.66. The summed E-state index contributed by atoms with van der Waals surface area (Å²) in [7, 11) is -3.38. The van der Waals surface area contributed by atoms with E-state index in [2.05, 4.69) is 21.4 Å². The smallest absolute Gasteiger partial charge is 0.276 e. The molecule has 0 saturated carbocycles. The maximum absolute atomic E-state index is 12.7. The van der Waals surface area contributed by atoms with E-state index in [0.29, 0.717) is 23.6 Å². The van der Waals surface area contributed by atoms with Gasteiger partial charge in [0.15, 0.2) is 9.84 Å². The highest BCUT2D eigenvalue weighted by Crippen LogP contribution is 2.29. The van der Waals surface area contributed by atoms with Gasteiger partial charge in [0, 0.05) is 19.0 Å². The summed E-state index contributed by atoms with van der Waals surface area (Å²) < 4.78 is 24.3. The van der Waals surface area contributed by atoms with Crippen molar-refractivity contribution in [2.24, 2.45) is 0 Å². The Balaban J connectivity index is 1.56. The third kappa shape index (κ3) is 3.54. The van der Waals surface area contributed by atoms with Gasteiger partial charge in [0.2, 0.25) is 0 Å². The lowest BCUT2D eigenvalue weighted by Crippen LogP contribution is -2.51. The fourth-order valence-electron chi connectivity index (χ4n) is 3.31. The molecule has 1 aromatic rings. The average Bonchev–Trinajstić information content (AvgIpc) is 3.11. The highest BCUT2D eigenvalue weighted by atomic mass is 32.2. The Bertz CT molecular complexity index is 1030. The predicted octanol–water partition coefficient (Wildman–Crippen LogP) is 0.395. The van der Waals surface area contributed by atoms with E-state index >= 15 is 0 Å². The van der Waals surface area contributed by atoms with Crippen molar-refractivity contribution in [1.29, 1.82) is 0 Å². The van der Waals surface area contributed by atoms with Crippen LogP contribution in [-0.2, 0) is 14.6 Å². The Morgan fingerprint density at radius 1 is 1.25 bits per heavy atom. The monoisotopic (exact) mass is 399 g/mol. The van der Waals surface area contributed by atoms with Crippen LogP contribution >= 0.6 is 0 Å². The number of hydrogen-bond donors (Lipinski definition) is 4. The summed E-state index contributed by atoms with van der Waals surface area (Å²) in [4.78, 5) is 13.0. The molecule has 3 heterocycles. The van der Waals surface area contributed by atoms with Crippen LogP contribution < -0.4 is 21.4 Å². The summed E-state index contributed by atoms with van der Waals surface area (Å²) >= 11 is 0. The maximum Gasteiger partial charge on any atom is 0.276 e. The first-order valence-corrected chi connectivity index (χ1v) is 10.7. The minimum absolute atomic E-state index is 0.226. The molecule has 28 heavy (non-hydrogen) atoms. The zero-order valence-corrected chi connectivity index (χ0v) is 16.0. The quantitative estimate of drug-likeness (QED) is 0.544. The second-order valence-corrected chi connectivity index (χ2v) is 8.64. The molecule has 3 aliphatic rings. The molecule has 146 valence electrons. The number of allylic oxidation sites excluding steroid dienone is 2. The maximum atomic E-state index is 12.7. The Morgan fingerprint density at radius 2 is 2.07 bits per heavy atom. The van der Waals surface area contributed by atoms with Gasteiger partial charge in [-0.05, 0) is 23.8 Å². The molecule has 2 atom stereocenters. The van der Waals surface area contributed by atoms with E-state index in [1.165, 1.54) is 6.26 Å². The Morgan fingerprint density at radius 3 is 2.82 bits per heavy atom. The molecule has 1 aromatic carbocycles. The molecule has 2 unspecified atom stereocenters. The molecule has 4 rings (SSSR count). The van der Waals surface area contributed by atoms with Crippen molar-refractivity contribution in [2.45, 2.75) is 17.1 Å². The fourth-order valence-corrected chi connectivity index (χ4v) is 4.26. The van der Waals surface area contributed by atoms with Crippen LogP contribution in [0.2, 0.25) is 0 Å². The normalized spacial score (nSPS) is 23.2. The third-order valence-electron chi connectivity index (χ3n) is 4.64.